The molecule has 0 fully saturated rings. The first-order valence-electron chi connectivity index (χ1n) is 7.46. The van der Waals surface area contributed by atoms with Crippen LogP contribution < -0.4 is 11.1 Å². The molecule has 0 radical (unpaired) electrons. The fourth-order valence-corrected chi connectivity index (χ4v) is 2.32. The minimum absolute atomic E-state index is 0.0166. The number of pyridine rings is 2. The Labute approximate surface area is 147 Å². The first-order chi connectivity index (χ1) is 12.5. The van der Waals surface area contributed by atoms with Crippen LogP contribution in [-0.2, 0) is 0 Å². The number of carbonyl (C=O) groups excluding carboxylic acids is 1. The maximum absolute atomic E-state index is 13.9. The number of carboxylic acid groups (broad SMARTS) is 1. The van der Waals surface area contributed by atoms with Crippen molar-refractivity contribution in [1.82, 2.24) is 9.97 Å². The third kappa shape index (κ3) is 3.48. The van der Waals surface area contributed by atoms with Crippen molar-refractivity contribution in [2.24, 2.45) is 0 Å². The van der Waals surface area contributed by atoms with Gasteiger partial charge in [-0.15, -0.1) is 0 Å². The van der Waals surface area contributed by atoms with Crippen LogP contribution in [0.25, 0.3) is 11.1 Å². The van der Waals surface area contributed by atoms with Gasteiger partial charge in [0, 0.05) is 29.8 Å². The van der Waals surface area contributed by atoms with Crippen molar-refractivity contribution < 1.29 is 19.1 Å². The number of carbonyl (C=O) groups is 2. The highest BCUT2D eigenvalue weighted by atomic mass is 19.1. The third-order valence-corrected chi connectivity index (χ3v) is 3.63. The molecule has 0 saturated heterocycles. The molecule has 4 N–H and O–H groups in total. The average Bonchev–Trinajstić information content (AvgIpc) is 2.62. The van der Waals surface area contributed by atoms with E-state index in [1.165, 1.54) is 30.7 Å². The number of halogens is 1. The van der Waals surface area contributed by atoms with E-state index >= 15 is 0 Å². The Bertz CT molecular complexity index is 993. The number of nitrogen functional groups attached to an aromatic ring is 1. The molecular formula is C18H13FN4O3. The number of anilines is 2. The van der Waals surface area contributed by atoms with E-state index in [1.54, 1.807) is 12.1 Å². The van der Waals surface area contributed by atoms with Crippen LogP contribution in [0.3, 0.4) is 0 Å². The van der Waals surface area contributed by atoms with Gasteiger partial charge in [-0.05, 0) is 35.9 Å². The summed E-state index contributed by atoms with van der Waals surface area (Å²) in [5.74, 6) is -2.70. The van der Waals surface area contributed by atoms with Crippen molar-refractivity contribution in [1.29, 1.82) is 0 Å². The lowest BCUT2D eigenvalue weighted by atomic mass is 10.0. The summed E-state index contributed by atoms with van der Waals surface area (Å²) >= 11 is 0. The molecule has 0 atom stereocenters. The van der Waals surface area contributed by atoms with Gasteiger partial charge in [0.15, 0.2) is 0 Å². The molecule has 0 aliphatic rings. The molecule has 7 nitrogen and oxygen atoms in total. The first kappa shape index (κ1) is 17.0. The minimum atomic E-state index is -1.36. The van der Waals surface area contributed by atoms with Crippen molar-refractivity contribution in [3.05, 3.63) is 71.9 Å². The molecule has 130 valence electrons. The van der Waals surface area contributed by atoms with Crippen molar-refractivity contribution >= 4 is 23.4 Å². The highest BCUT2D eigenvalue weighted by Crippen LogP contribution is 2.25. The molecule has 0 aliphatic carbocycles. The summed E-state index contributed by atoms with van der Waals surface area (Å²) in [6.45, 7) is 0. The Morgan fingerprint density at radius 2 is 1.77 bits per heavy atom. The second kappa shape index (κ2) is 6.98. The molecule has 3 aromatic rings. The predicted molar refractivity (Wildman–Crippen MR) is 93.2 cm³/mol. The highest BCUT2D eigenvalue weighted by molar-refractivity contribution is 6.07. The normalized spacial score (nSPS) is 10.3. The van der Waals surface area contributed by atoms with Gasteiger partial charge >= 0.3 is 5.97 Å². The highest BCUT2D eigenvalue weighted by Gasteiger charge is 2.15. The van der Waals surface area contributed by atoms with Crippen LogP contribution in [0.15, 0.2) is 55.0 Å². The van der Waals surface area contributed by atoms with Crippen LogP contribution in [0.2, 0.25) is 0 Å². The van der Waals surface area contributed by atoms with Gasteiger partial charge in [-0.2, -0.15) is 0 Å². The van der Waals surface area contributed by atoms with Gasteiger partial charge in [-0.3, -0.25) is 9.78 Å². The van der Waals surface area contributed by atoms with Gasteiger partial charge in [0.2, 0.25) is 0 Å². The first-order valence-corrected chi connectivity index (χ1v) is 7.46. The number of hydrogen-bond donors (Lipinski definition) is 3. The molecular weight excluding hydrogens is 339 g/mol. The van der Waals surface area contributed by atoms with E-state index < -0.39 is 23.3 Å². The number of nitrogens with two attached hydrogens (primary N) is 1. The molecule has 2 aromatic heterocycles. The molecule has 0 spiro atoms. The Kier molecular flexibility index (Phi) is 4.57. The lowest BCUT2D eigenvalue weighted by Gasteiger charge is -2.09. The Morgan fingerprint density at radius 3 is 2.42 bits per heavy atom. The van der Waals surface area contributed by atoms with Gasteiger partial charge in [0.1, 0.15) is 11.6 Å². The maximum Gasteiger partial charge on any atom is 0.338 e. The number of aromatic nitrogens is 2. The fourth-order valence-electron chi connectivity index (χ4n) is 2.32. The summed E-state index contributed by atoms with van der Waals surface area (Å²) in [5, 5.41) is 11.6. The maximum atomic E-state index is 13.9. The topological polar surface area (TPSA) is 118 Å². The van der Waals surface area contributed by atoms with Crippen LogP contribution >= 0.6 is 0 Å². The van der Waals surface area contributed by atoms with E-state index in [0.717, 1.165) is 12.1 Å². The molecule has 0 aliphatic heterocycles. The zero-order chi connectivity index (χ0) is 18.7. The van der Waals surface area contributed by atoms with Gasteiger partial charge in [-0.1, -0.05) is 6.07 Å². The quantitative estimate of drug-likeness (QED) is 0.664. The Hall–Kier alpha value is -3.81. The summed E-state index contributed by atoms with van der Waals surface area (Å²) < 4.78 is 13.9. The van der Waals surface area contributed by atoms with Gasteiger partial charge in [0.25, 0.3) is 5.91 Å². The second-order valence-corrected chi connectivity index (χ2v) is 5.35. The van der Waals surface area contributed by atoms with Crippen LogP contribution in [0, 0.1) is 5.82 Å². The molecule has 2 heterocycles. The van der Waals surface area contributed by atoms with Crippen molar-refractivity contribution in [2.75, 3.05) is 11.1 Å². The molecule has 0 unspecified atom stereocenters. The predicted octanol–water partition coefficient (Wildman–Crippen LogP) is 2.82. The molecule has 1 aromatic carbocycles. The molecule has 3 rings (SSSR count). The van der Waals surface area contributed by atoms with Crippen LogP contribution in [0.5, 0.6) is 0 Å². The van der Waals surface area contributed by atoms with E-state index in [2.05, 4.69) is 15.3 Å². The Morgan fingerprint density at radius 1 is 1.04 bits per heavy atom. The number of amides is 1. The van der Waals surface area contributed by atoms with Gasteiger partial charge in [0.05, 0.1) is 11.1 Å². The van der Waals surface area contributed by atoms with Crippen molar-refractivity contribution in [3.63, 3.8) is 0 Å². The van der Waals surface area contributed by atoms with E-state index in [0.29, 0.717) is 16.8 Å². The van der Waals surface area contributed by atoms with E-state index in [-0.39, 0.29) is 11.4 Å². The zero-order valence-corrected chi connectivity index (χ0v) is 13.3. The lowest BCUT2D eigenvalue weighted by Crippen LogP contribution is -2.15. The summed E-state index contributed by atoms with van der Waals surface area (Å²) in [6.07, 6.45) is 4.44. The molecule has 1 amide bonds. The van der Waals surface area contributed by atoms with Crippen molar-refractivity contribution in [2.45, 2.75) is 0 Å². The zero-order valence-electron chi connectivity index (χ0n) is 13.3. The fraction of sp³-hybridized carbons (Fsp3) is 0. The Balaban J connectivity index is 1.94. The number of nitrogens with zero attached hydrogens (tertiary/aromatic N) is 2. The summed E-state index contributed by atoms with van der Waals surface area (Å²) in [5.41, 5.74) is 6.79. The number of carboxylic acids is 1. The van der Waals surface area contributed by atoms with Crippen LogP contribution in [0.1, 0.15) is 20.7 Å². The van der Waals surface area contributed by atoms with Gasteiger partial charge in [-0.25, -0.2) is 14.2 Å². The summed E-state index contributed by atoms with van der Waals surface area (Å²) in [7, 11) is 0. The monoisotopic (exact) mass is 352 g/mol. The number of nitrogens with one attached hydrogen (secondary N) is 1. The lowest BCUT2D eigenvalue weighted by molar-refractivity contribution is 0.0691. The molecule has 0 bridgehead atoms. The van der Waals surface area contributed by atoms with Crippen LogP contribution in [0.4, 0.5) is 15.9 Å². The van der Waals surface area contributed by atoms with Gasteiger partial charge < -0.3 is 16.2 Å². The smallest absolute Gasteiger partial charge is 0.338 e. The van der Waals surface area contributed by atoms with E-state index in [4.69, 9.17) is 10.8 Å². The molecule has 26 heavy (non-hydrogen) atoms. The number of benzene rings is 1. The SMILES string of the molecule is Nc1ncc(-c2ccc(C(=O)O)c(F)c2)cc1C(=O)Nc1ccncc1. The summed E-state index contributed by atoms with van der Waals surface area (Å²) in [6, 6.07) is 8.36. The van der Waals surface area contributed by atoms with E-state index in [9.17, 15) is 14.0 Å². The van der Waals surface area contributed by atoms with E-state index in [1.807, 2.05) is 0 Å². The second-order valence-electron chi connectivity index (χ2n) is 5.35. The number of hydrogen-bond acceptors (Lipinski definition) is 5. The summed E-state index contributed by atoms with van der Waals surface area (Å²) in [4.78, 5) is 31.2. The van der Waals surface area contributed by atoms with Crippen molar-refractivity contribution in [3.8, 4) is 11.1 Å². The number of aromatic carboxylic acids is 1. The third-order valence-electron chi connectivity index (χ3n) is 3.63. The largest absolute Gasteiger partial charge is 0.478 e. The standard InChI is InChI=1S/C18H13FN4O3/c19-15-8-10(1-2-13(15)18(25)26)11-7-14(16(20)22-9-11)17(24)23-12-3-5-21-6-4-12/h1-9H,(H2,20,22)(H,25,26)(H,21,23,24). The number of rotatable bonds is 4. The minimum Gasteiger partial charge on any atom is -0.478 e. The molecule has 0 saturated carbocycles. The molecule has 8 heteroatoms. The van der Waals surface area contributed by atoms with Crippen LogP contribution in [-0.4, -0.2) is 27.0 Å². The average molecular weight is 352 g/mol.